The SMILES string of the molecule is O=C1N(CC2CC2)CCCC1(O)CN1CCC2(CC1)OCCO2. The molecule has 6 nitrogen and oxygen atoms in total. The molecule has 0 bridgehead atoms. The van der Waals surface area contributed by atoms with Crippen LogP contribution in [0.5, 0.6) is 0 Å². The van der Waals surface area contributed by atoms with Gasteiger partial charge >= 0.3 is 0 Å². The molecule has 0 aromatic rings. The molecule has 4 fully saturated rings. The number of amides is 1. The highest BCUT2D eigenvalue weighted by atomic mass is 16.7. The van der Waals surface area contributed by atoms with Crippen LogP contribution in [0.4, 0.5) is 0 Å². The Balaban J connectivity index is 1.34. The zero-order chi connectivity index (χ0) is 15.9. The monoisotopic (exact) mass is 324 g/mol. The van der Waals surface area contributed by atoms with E-state index in [0.717, 1.165) is 45.4 Å². The van der Waals surface area contributed by atoms with Crippen molar-refractivity contribution >= 4 is 5.91 Å². The highest BCUT2D eigenvalue weighted by Crippen LogP contribution is 2.35. The minimum Gasteiger partial charge on any atom is -0.379 e. The van der Waals surface area contributed by atoms with Gasteiger partial charge in [-0.3, -0.25) is 9.69 Å². The fraction of sp³-hybridized carbons (Fsp3) is 0.941. The van der Waals surface area contributed by atoms with Crippen LogP contribution in [0.15, 0.2) is 0 Å². The molecule has 0 aromatic heterocycles. The molecule has 1 aliphatic carbocycles. The van der Waals surface area contributed by atoms with Gasteiger partial charge in [0.15, 0.2) is 11.4 Å². The lowest BCUT2D eigenvalue weighted by Gasteiger charge is -2.43. The van der Waals surface area contributed by atoms with Gasteiger partial charge in [-0.1, -0.05) is 0 Å². The van der Waals surface area contributed by atoms with Crippen LogP contribution in [0.3, 0.4) is 0 Å². The molecule has 0 radical (unpaired) electrons. The van der Waals surface area contributed by atoms with Gasteiger partial charge in [0.25, 0.3) is 5.91 Å². The van der Waals surface area contributed by atoms with Crippen molar-refractivity contribution in [2.24, 2.45) is 5.92 Å². The van der Waals surface area contributed by atoms with Crippen LogP contribution in [0, 0.1) is 5.92 Å². The summed E-state index contributed by atoms with van der Waals surface area (Å²) in [6, 6.07) is 0. The minimum absolute atomic E-state index is 0.0516. The van der Waals surface area contributed by atoms with Gasteiger partial charge in [-0.25, -0.2) is 0 Å². The van der Waals surface area contributed by atoms with Crippen molar-refractivity contribution in [1.29, 1.82) is 0 Å². The number of hydrogen-bond acceptors (Lipinski definition) is 5. The standard InChI is InChI=1S/C17H28N2O4/c20-15-16(21,4-1-7-19(15)12-14-2-3-14)13-18-8-5-17(6-9-18)22-10-11-23-17/h14,21H,1-13H2. The van der Waals surface area contributed by atoms with Crippen molar-refractivity contribution in [1.82, 2.24) is 9.80 Å². The van der Waals surface area contributed by atoms with E-state index in [4.69, 9.17) is 9.47 Å². The first-order valence-electron chi connectivity index (χ1n) is 9.11. The van der Waals surface area contributed by atoms with E-state index in [1.165, 1.54) is 12.8 Å². The first kappa shape index (κ1) is 15.8. The molecule has 6 heteroatoms. The predicted octanol–water partition coefficient (Wildman–Crippen LogP) is 0.589. The van der Waals surface area contributed by atoms with Gasteiger partial charge in [0.2, 0.25) is 0 Å². The number of carbonyl (C=O) groups is 1. The average Bonchev–Trinajstić information content (AvgIpc) is 3.25. The predicted molar refractivity (Wildman–Crippen MR) is 83.8 cm³/mol. The molecule has 3 heterocycles. The Labute approximate surface area is 137 Å². The summed E-state index contributed by atoms with van der Waals surface area (Å²) in [5, 5.41) is 11.0. The average molecular weight is 324 g/mol. The van der Waals surface area contributed by atoms with Gasteiger partial charge in [-0.05, 0) is 31.6 Å². The summed E-state index contributed by atoms with van der Waals surface area (Å²) in [7, 11) is 0. The number of ether oxygens (including phenoxy) is 2. The van der Waals surface area contributed by atoms with E-state index >= 15 is 0 Å². The number of likely N-dealkylation sites (tertiary alicyclic amines) is 2. The van der Waals surface area contributed by atoms with Gasteiger partial charge < -0.3 is 19.5 Å². The second-order valence-corrected chi connectivity index (χ2v) is 7.71. The van der Waals surface area contributed by atoms with E-state index in [0.29, 0.717) is 32.1 Å². The Morgan fingerprint density at radius 3 is 2.43 bits per heavy atom. The molecular weight excluding hydrogens is 296 g/mol. The van der Waals surface area contributed by atoms with Crippen LogP contribution in [-0.4, -0.2) is 78.1 Å². The Morgan fingerprint density at radius 2 is 1.78 bits per heavy atom. The molecule has 3 aliphatic heterocycles. The third kappa shape index (κ3) is 3.27. The van der Waals surface area contributed by atoms with Crippen molar-refractivity contribution in [3.63, 3.8) is 0 Å². The van der Waals surface area contributed by atoms with Gasteiger partial charge in [0.05, 0.1) is 13.2 Å². The third-order valence-electron chi connectivity index (χ3n) is 5.80. The summed E-state index contributed by atoms with van der Waals surface area (Å²) in [5.41, 5.74) is -1.20. The van der Waals surface area contributed by atoms with E-state index in [2.05, 4.69) is 4.90 Å². The largest absolute Gasteiger partial charge is 0.379 e. The first-order chi connectivity index (χ1) is 11.1. The molecule has 1 unspecified atom stereocenters. The molecule has 0 aromatic carbocycles. The van der Waals surface area contributed by atoms with E-state index < -0.39 is 11.4 Å². The second-order valence-electron chi connectivity index (χ2n) is 7.71. The van der Waals surface area contributed by atoms with Crippen LogP contribution in [0.25, 0.3) is 0 Å². The first-order valence-corrected chi connectivity index (χ1v) is 9.11. The maximum absolute atomic E-state index is 12.7. The normalized spacial score (nSPS) is 35.2. The van der Waals surface area contributed by atoms with Gasteiger partial charge in [0.1, 0.15) is 0 Å². The maximum atomic E-state index is 12.7. The third-order valence-corrected chi connectivity index (χ3v) is 5.80. The summed E-state index contributed by atoms with van der Waals surface area (Å²) >= 11 is 0. The van der Waals surface area contributed by atoms with Gasteiger partial charge in [-0.15, -0.1) is 0 Å². The zero-order valence-corrected chi connectivity index (χ0v) is 13.8. The second kappa shape index (κ2) is 5.99. The molecule has 23 heavy (non-hydrogen) atoms. The Bertz CT molecular complexity index is 452. The number of hydrogen-bond donors (Lipinski definition) is 1. The van der Waals surface area contributed by atoms with Crippen LogP contribution >= 0.6 is 0 Å². The molecule has 1 amide bonds. The van der Waals surface area contributed by atoms with E-state index in [1.807, 2.05) is 4.90 Å². The summed E-state index contributed by atoms with van der Waals surface area (Å²) in [4.78, 5) is 16.8. The Hall–Kier alpha value is -0.690. The van der Waals surface area contributed by atoms with Gasteiger partial charge in [0, 0.05) is 45.6 Å². The highest BCUT2D eigenvalue weighted by molar-refractivity contribution is 5.86. The van der Waals surface area contributed by atoms with Crippen molar-refractivity contribution < 1.29 is 19.4 Å². The minimum atomic E-state index is -1.20. The molecule has 1 saturated carbocycles. The van der Waals surface area contributed by atoms with E-state index in [-0.39, 0.29) is 5.91 Å². The number of carbonyl (C=O) groups excluding carboxylic acids is 1. The lowest BCUT2D eigenvalue weighted by Crippen LogP contribution is -2.60. The molecule has 130 valence electrons. The Morgan fingerprint density at radius 1 is 1.09 bits per heavy atom. The van der Waals surface area contributed by atoms with Crippen molar-refractivity contribution in [3.05, 3.63) is 0 Å². The van der Waals surface area contributed by atoms with E-state index in [1.54, 1.807) is 0 Å². The fourth-order valence-corrected chi connectivity index (χ4v) is 4.21. The van der Waals surface area contributed by atoms with Crippen molar-refractivity contribution in [3.8, 4) is 0 Å². The summed E-state index contributed by atoms with van der Waals surface area (Å²) < 4.78 is 11.5. The summed E-state index contributed by atoms with van der Waals surface area (Å²) in [6.07, 6.45) is 5.60. The Kier molecular flexibility index (Phi) is 4.12. The quantitative estimate of drug-likeness (QED) is 0.820. The van der Waals surface area contributed by atoms with Crippen molar-refractivity contribution in [2.45, 2.75) is 49.9 Å². The number of aliphatic hydroxyl groups is 1. The number of nitrogens with zero attached hydrogens (tertiary/aromatic N) is 2. The number of piperidine rings is 2. The lowest BCUT2D eigenvalue weighted by molar-refractivity contribution is -0.190. The lowest BCUT2D eigenvalue weighted by atomic mass is 9.90. The maximum Gasteiger partial charge on any atom is 0.255 e. The molecule has 1 spiro atoms. The highest BCUT2D eigenvalue weighted by Gasteiger charge is 2.46. The zero-order valence-electron chi connectivity index (χ0n) is 13.8. The molecule has 3 saturated heterocycles. The fourth-order valence-electron chi connectivity index (χ4n) is 4.21. The van der Waals surface area contributed by atoms with Crippen molar-refractivity contribution in [2.75, 3.05) is 45.9 Å². The summed E-state index contributed by atoms with van der Waals surface area (Å²) in [6.45, 7) is 5.09. The molecule has 1 N–H and O–H groups in total. The number of rotatable bonds is 4. The molecular formula is C17H28N2O4. The van der Waals surface area contributed by atoms with Gasteiger partial charge in [-0.2, -0.15) is 0 Å². The molecule has 4 rings (SSSR count). The van der Waals surface area contributed by atoms with E-state index in [9.17, 15) is 9.90 Å². The van der Waals surface area contributed by atoms with Crippen LogP contribution in [-0.2, 0) is 14.3 Å². The summed E-state index contributed by atoms with van der Waals surface area (Å²) in [5.74, 6) is 0.227. The van der Waals surface area contributed by atoms with Crippen LogP contribution < -0.4 is 0 Å². The van der Waals surface area contributed by atoms with Crippen LogP contribution in [0.1, 0.15) is 38.5 Å². The smallest absolute Gasteiger partial charge is 0.255 e. The molecule has 1 atom stereocenters. The number of β-amino-alcohol motifs (C(OH)–C–C–N with tert-alkyl or cyclic N) is 1. The molecule has 4 aliphatic rings. The van der Waals surface area contributed by atoms with Crippen LogP contribution in [0.2, 0.25) is 0 Å². The topological polar surface area (TPSA) is 62.2 Å².